The number of rotatable bonds is 7. The zero-order valence-corrected chi connectivity index (χ0v) is 9.88. The summed E-state index contributed by atoms with van der Waals surface area (Å²) in [5.74, 6) is -1.22. The molecule has 0 heterocycles. The molecule has 0 N–H and O–H groups in total. The second-order valence-electron chi connectivity index (χ2n) is 3.02. The molecule has 0 saturated heterocycles. The van der Waals surface area contributed by atoms with Crippen molar-refractivity contribution < 1.29 is 19.1 Å². The SMILES string of the molecule is CCCCC(Cl)OC(=O)CC(=O)OCC. The maximum absolute atomic E-state index is 11.1. The lowest BCUT2D eigenvalue weighted by atomic mass is 10.3. The second kappa shape index (κ2) is 8.53. The fourth-order valence-electron chi connectivity index (χ4n) is 0.938. The number of carbonyl (C=O) groups excluding carboxylic acids is 2. The summed E-state index contributed by atoms with van der Waals surface area (Å²) in [7, 11) is 0. The van der Waals surface area contributed by atoms with E-state index in [1.54, 1.807) is 6.92 Å². The number of hydrogen-bond acceptors (Lipinski definition) is 4. The molecule has 0 spiro atoms. The van der Waals surface area contributed by atoms with Gasteiger partial charge in [0.25, 0.3) is 0 Å². The molecule has 0 amide bonds. The number of ether oxygens (including phenoxy) is 2. The van der Waals surface area contributed by atoms with Gasteiger partial charge >= 0.3 is 11.9 Å². The highest BCUT2D eigenvalue weighted by Crippen LogP contribution is 2.10. The van der Waals surface area contributed by atoms with Crippen LogP contribution >= 0.6 is 11.6 Å². The van der Waals surface area contributed by atoms with E-state index in [9.17, 15) is 9.59 Å². The quantitative estimate of drug-likeness (QED) is 0.387. The van der Waals surface area contributed by atoms with Gasteiger partial charge < -0.3 is 9.47 Å². The van der Waals surface area contributed by atoms with Crippen LogP contribution in [-0.2, 0) is 19.1 Å². The van der Waals surface area contributed by atoms with Gasteiger partial charge in [0.2, 0.25) is 0 Å². The Hall–Kier alpha value is -0.770. The zero-order chi connectivity index (χ0) is 11.7. The van der Waals surface area contributed by atoms with Gasteiger partial charge in [-0.1, -0.05) is 24.9 Å². The molecule has 0 aliphatic carbocycles. The standard InChI is InChI=1S/C10H17ClO4/c1-3-5-6-8(11)15-10(13)7-9(12)14-4-2/h8H,3-7H2,1-2H3. The first-order valence-corrected chi connectivity index (χ1v) is 5.53. The van der Waals surface area contributed by atoms with Crippen molar-refractivity contribution in [2.75, 3.05) is 6.61 Å². The Kier molecular flexibility index (Phi) is 8.09. The Balaban J connectivity index is 3.68. The van der Waals surface area contributed by atoms with Gasteiger partial charge in [0.15, 0.2) is 5.56 Å². The Morgan fingerprint density at radius 3 is 2.47 bits per heavy atom. The summed E-state index contributed by atoms with van der Waals surface area (Å²) >= 11 is 5.72. The van der Waals surface area contributed by atoms with Crippen LogP contribution < -0.4 is 0 Å². The predicted molar refractivity (Wildman–Crippen MR) is 56.5 cm³/mol. The molecule has 0 aliphatic heterocycles. The van der Waals surface area contributed by atoms with Gasteiger partial charge in [-0.25, -0.2) is 0 Å². The fraction of sp³-hybridized carbons (Fsp3) is 0.800. The third-order valence-corrected chi connectivity index (χ3v) is 1.95. The van der Waals surface area contributed by atoms with E-state index in [1.807, 2.05) is 6.92 Å². The van der Waals surface area contributed by atoms with Gasteiger partial charge in [-0.05, 0) is 19.8 Å². The maximum atomic E-state index is 11.1. The first kappa shape index (κ1) is 14.2. The second-order valence-corrected chi connectivity index (χ2v) is 3.51. The van der Waals surface area contributed by atoms with E-state index >= 15 is 0 Å². The number of hydrogen-bond donors (Lipinski definition) is 0. The molecule has 0 aliphatic rings. The number of alkyl halides is 1. The van der Waals surface area contributed by atoms with Crippen molar-refractivity contribution >= 4 is 23.5 Å². The molecular formula is C10H17ClO4. The van der Waals surface area contributed by atoms with Crippen LogP contribution in [-0.4, -0.2) is 24.1 Å². The van der Waals surface area contributed by atoms with Crippen LogP contribution in [0, 0.1) is 0 Å². The molecule has 4 nitrogen and oxygen atoms in total. The molecule has 1 atom stereocenters. The Labute approximate surface area is 94.9 Å². The van der Waals surface area contributed by atoms with E-state index < -0.39 is 17.5 Å². The number of unbranched alkanes of at least 4 members (excludes halogenated alkanes) is 1. The molecule has 0 aromatic rings. The normalized spacial score (nSPS) is 11.9. The van der Waals surface area contributed by atoms with Crippen molar-refractivity contribution in [3.63, 3.8) is 0 Å². The molecular weight excluding hydrogens is 220 g/mol. The van der Waals surface area contributed by atoms with Gasteiger partial charge in [0.05, 0.1) is 6.61 Å². The minimum absolute atomic E-state index is 0.256. The van der Waals surface area contributed by atoms with E-state index in [2.05, 4.69) is 4.74 Å². The molecule has 0 fully saturated rings. The smallest absolute Gasteiger partial charge is 0.318 e. The minimum Gasteiger partial charge on any atom is -0.466 e. The van der Waals surface area contributed by atoms with Gasteiger partial charge in [0.1, 0.15) is 6.42 Å². The average molecular weight is 237 g/mol. The van der Waals surface area contributed by atoms with Gasteiger partial charge in [0, 0.05) is 0 Å². The summed E-state index contributed by atoms with van der Waals surface area (Å²) < 4.78 is 9.39. The molecule has 0 rings (SSSR count). The van der Waals surface area contributed by atoms with Crippen LogP contribution in [0.25, 0.3) is 0 Å². The minimum atomic E-state index is -0.646. The lowest BCUT2D eigenvalue weighted by Crippen LogP contribution is -2.17. The first-order valence-electron chi connectivity index (χ1n) is 5.09. The van der Waals surface area contributed by atoms with E-state index in [-0.39, 0.29) is 13.0 Å². The highest BCUT2D eigenvalue weighted by Gasteiger charge is 2.15. The summed E-state index contributed by atoms with van der Waals surface area (Å²) in [6, 6.07) is 0. The number of halogens is 1. The van der Waals surface area contributed by atoms with Crippen molar-refractivity contribution in [2.24, 2.45) is 0 Å². The van der Waals surface area contributed by atoms with E-state index in [0.29, 0.717) is 6.42 Å². The van der Waals surface area contributed by atoms with Gasteiger partial charge in [-0.2, -0.15) is 0 Å². The molecule has 88 valence electrons. The highest BCUT2D eigenvalue weighted by molar-refractivity contribution is 6.20. The van der Waals surface area contributed by atoms with E-state index in [1.165, 1.54) is 0 Å². The van der Waals surface area contributed by atoms with Crippen LogP contribution in [0.5, 0.6) is 0 Å². The Morgan fingerprint density at radius 2 is 1.93 bits per heavy atom. The summed E-state index contributed by atoms with van der Waals surface area (Å²) in [5, 5.41) is 0. The van der Waals surface area contributed by atoms with Crippen molar-refractivity contribution in [2.45, 2.75) is 45.1 Å². The lowest BCUT2D eigenvalue weighted by Gasteiger charge is -2.10. The molecule has 5 heteroatoms. The summed E-state index contributed by atoms with van der Waals surface area (Å²) in [5.41, 5.74) is -0.646. The lowest BCUT2D eigenvalue weighted by molar-refractivity contribution is -0.155. The number of esters is 2. The molecule has 15 heavy (non-hydrogen) atoms. The Morgan fingerprint density at radius 1 is 1.27 bits per heavy atom. The van der Waals surface area contributed by atoms with Gasteiger partial charge in [-0.15, -0.1) is 0 Å². The summed E-state index contributed by atoms with van der Waals surface area (Å²) in [6.07, 6.45) is 2.11. The summed E-state index contributed by atoms with van der Waals surface area (Å²) in [6.45, 7) is 3.95. The van der Waals surface area contributed by atoms with E-state index in [4.69, 9.17) is 16.3 Å². The molecule has 0 bridgehead atoms. The third kappa shape index (κ3) is 8.24. The van der Waals surface area contributed by atoms with Crippen molar-refractivity contribution in [3.05, 3.63) is 0 Å². The van der Waals surface area contributed by atoms with E-state index in [0.717, 1.165) is 12.8 Å². The van der Waals surface area contributed by atoms with Crippen molar-refractivity contribution in [3.8, 4) is 0 Å². The van der Waals surface area contributed by atoms with Crippen LogP contribution in [0.1, 0.15) is 39.5 Å². The van der Waals surface area contributed by atoms with Crippen LogP contribution in [0.2, 0.25) is 0 Å². The topological polar surface area (TPSA) is 52.6 Å². The predicted octanol–water partition coefficient (Wildman–Crippen LogP) is 2.24. The monoisotopic (exact) mass is 236 g/mol. The largest absolute Gasteiger partial charge is 0.466 e. The molecule has 0 radical (unpaired) electrons. The van der Waals surface area contributed by atoms with Crippen LogP contribution in [0.15, 0.2) is 0 Å². The first-order chi connectivity index (χ1) is 7.10. The van der Waals surface area contributed by atoms with Crippen molar-refractivity contribution in [1.82, 2.24) is 0 Å². The molecule has 0 saturated carbocycles. The maximum Gasteiger partial charge on any atom is 0.318 e. The fourth-order valence-corrected chi connectivity index (χ4v) is 1.19. The highest BCUT2D eigenvalue weighted by atomic mass is 35.5. The molecule has 0 aromatic heterocycles. The van der Waals surface area contributed by atoms with Crippen LogP contribution in [0.4, 0.5) is 0 Å². The third-order valence-electron chi connectivity index (χ3n) is 1.64. The molecule has 0 aromatic carbocycles. The zero-order valence-electron chi connectivity index (χ0n) is 9.12. The van der Waals surface area contributed by atoms with Gasteiger partial charge in [-0.3, -0.25) is 9.59 Å². The number of carbonyl (C=O) groups is 2. The van der Waals surface area contributed by atoms with Crippen molar-refractivity contribution in [1.29, 1.82) is 0 Å². The average Bonchev–Trinajstić information content (AvgIpc) is 2.14. The molecule has 1 unspecified atom stereocenters. The Bertz CT molecular complexity index is 206. The van der Waals surface area contributed by atoms with Crippen LogP contribution in [0.3, 0.4) is 0 Å². The summed E-state index contributed by atoms with van der Waals surface area (Å²) in [4.78, 5) is 22.0.